The minimum atomic E-state index is -3.93. The lowest BCUT2D eigenvalue weighted by Crippen LogP contribution is -2.44. The Hall–Kier alpha value is -2.55. The predicted molar refractivity (Wildman–Crippen MR) is 170 cm³/mol. The third-order valence-corrected chi connectivity index (χ3v) is 12.1. The molecule has 7 nitrogen and oxygen atoms in total. The maximum absolute atomic E-state index is 13.7. The Labute approximate surface area is 260 Å². The van der Waals surface area contributed by atoms with Crippen LogP contribution in [0.2, 0.25) is 5.02 Å². The summed E-state index contributed by atoms with van der Waals surface area (Å²) in [5.74, 6) is 0.693. The molecule has 2 aliphatic carbocycles. The van der Waals surface area contributed by atoms with Crippen LogP contribution in [0.5, 0.6) is 5.75 Å². The molecule has 2 bridgehead atoms. The number of sulfonamides is 1. The van der Waals surface area contributed by atoms with E-state index in [0.717, 1.165) is 69.3 Å². The van der Waals surface area contributed by atoms with Crippen LogP contribution in [0.25, 0.3) is 0 Å². The lowest BCUT2D eigenvalue weighted by Gasteiger charge is -2.42. The topological polar surface area (TPSA) is 95.9 Å². The van der Waals surface area contributed by atoms with Gasteiger partial charge in [0, 0.05) is 23.7 Å². The summed E-state index contributed by atoms with van der Waals surface area (Å²) >= 11 is 6.32. The van der Waals surface area contributed by atoms with Crippen LogP contribution < -0.4 is 14.4 Å². The van der Waals surface area contributed by atoms with Gasteiger partial charge in [0.25, 0.3) is 5.91 Å². The zero-order chi connectivity index (χ0) is 30.1. The molecule has 1 amide bonds. The number of ether oxygens (including phenoxy) is 1. The first kappa shape index (κ1) is 30.5. The van der Waals surface area contributed by atoms with E-state index in [1.165, 1.54) is 5.56 Å². The molecule has 0 saturated heterocycles. The number of anilines is 1. The number of halogens is 1. The Morgan fingerprint density at radius 1 is 1.07 bits per heavy atom. The number of nitrogens with zero attached hydrogens (tertiary/aromatic N) is 1. The molecule has 9 heteroatoms. The van der Waals surface area contributed by atoms with Crippen molar-refractivity contribution >= 4 is 33.2 Å². The summed E-state index contributed by atoms with van der Waals surface area (Å²) in [6, 6.07) is 11.1. The number of carbonyl (C=O) groups excluding carboxylic acids is 1. The van der Waals surface area contributed by atoms with Crippen molar-refractivity contribution in [3.63, 3.8) is 0 Å². The van der Waals surface area contributed by atoms with Crippen molar-refractivity contribution in [2.24, 2.45) is 23.7 Å². The Morgan fingerprint density at radius 2 is 1.91 bits per heavy atom. The smallest absolute Gasteiger partial charge is 0.264 e. The van der Waals surface area contributed by atoms with Gasteiger partial charge in [-0.15, -0.1) is 0 Å². The second-order valence-corrected chi connectivity index (χ2v) is 15.5. The van der Waals surface area contributed by atoms with Crippen LogP contribution in [-0.4, -0.2) is 43.9 Å². The molecule has 0 radical (unpaired) electrons. The lowest BCUT2D eigenvalue weighted by molar-refractivity contribution is 0.0461. The second-order valence-electron chi connectivity index (χ2n) is 13.1. The number of amides is 1. The molecule has 2 fully saturated rings. The molecule has 2 aliphatic heterocycles. The summed E-state index contributed by atoms with van der Waals surface area (Å²) < 4.78 is 36.2. The number of aliphatic hydroxyl groups excluding tert-OH is 1. The van der Waals surface area contributed by atoms with Crippen LogP contribution in [0.1, 0.15) is 79.8 Å². The van der Waals surface area contributed by atoms with Crippen molar-refractivity contribution in [3.8, 4) is 5.75 Å². The highest BCUT2D eigenvalue weighted by molar-refractivity contribution is 7.90. The number of nitrogens with one attached hydrogen (secondary N) is 1. The third kappa shape index (κ3) is 7.07. The molecule has 2 saturated carbocycles. The summed E-state index contributed by atoms with van der Waals surface area (Å²) in [7, 11) is -3.93. The van der Waals surface area contributed by atoms with Crippen molar-refractivity contribution in [2.45, 2.75) is 82.7 Å². The van der Waals surface area contributed by atoms with Gasteiger partial charge in [-0.05, 0) is 110 Å². The first-order valence-corrected chi connectivity index (χ1v) is 17.8. The summed E-state index contributed by atoms with van der Waals surface area (Å²) in [4.78, 5) is 15.8. The van der Waals surface area contributed by atoms with Crippen molar-refractivity contribution in [2.75, 3.05) is 18.0 Å². The van der Waals surface area contributed by atoms with Gasteiger partial charge in [0.1, 0.15) is 12.4 Å². The van der Waals surface area contributed by atoms with Crippen LogP contribution in [0.15, 0.2) is 48.6 Å². The number of hydrogen-bond acceptors (Lipinski definition) is 6. The number of rotatable bonds is 2. The predicted octanol–water partition coefficient (Wildman–Crippen LogP) is 6.27. The van der Waals surface area contributed by atoms with Gasteiger partial charge >= 0.3 is 0 Å². The van der Waals surface area contributed by atoms with Crippen LogP contribution >= 0.6 is 11.6 Å². The van der Waals surface area contributed by atoms with Gasteiger partial charge in [-0.2, -0.15) is 0 Å². The standard InChI is InChI=1S/C34H43ClN2O5S/c1-22-5-4-7-31(38)29-14-11-26(29)20-37-16-3-2-6-24-18-28(35)13-10-27(24)21-42-32-15-12-25(19-30(32)37)34(39)36-43(40,41)33(22)17-23-8-9-23/h4,7,10,12-13,15,18-19,22-23,26,29,31,33,38H,2-3,5-6,8-9,11,14,16-17,20-21H2,1H3,(H,36,39)/b7-4+/t22-,26-,29+,31-,33-/m0/s1. The average molecular weight is 627 g/mol. The molecule has 0 unspecified atom stereocenters. The molecule has 2 aromatic carbocycles. The molecule has 0 spiro atoms. The largest absolute Gasteiger partial charge is 0.487 e. The van der Waals surface area contributed by atoms with Gasteiger partial charge in [-0.25, -0.2) is 13.1 Å². The van der Waals surface area contributed by atoms with E-state index in [0.29, 0.717) is 47.6 Å². The van der Waals surface area contributed by atoms with E-state index < -0.39 is 27.3 Å². The van der Waals surface area contributed by atoms with Crippen molar-refractivity contribution in [1.82, 2.24) is 4.72 Å². The van der Waals surface area contributed by atoms with Crippen molar-refractivity contribution in [3.05, 3.63) is 70.3 Å². The quantitative estimate of drug-likeness (QED) is 0.381. The third-order valence-electron chi connectivity index (χ3n) is 9.98. The van der Waals surface area contributed by atoms with Gasteiger partial charge in [0.15, 0.2) is 0 Å². The van der Waals surface area contributed by atoms with Crippen LogP contribution in [0.3, 0.4) is 0 Å². The van der Waals surface area contributed by atoms with Gasteiger partial charge in [0.05, 0.1) is 17.0 Å². The van der Waals surface area contributed by atoms with Gasteiger partial charge in [-0.1, -0.05) is 49.6 Å². The molecule has 43 heavy (non-hydrogen) atoms. The number of allylic oxidation sites excluding steroid dienone is 1. The molecule has 0 aromatic heterocycles. The van der Waals surface area contributed by atoms with E-state index in [1.807, 2.05) is 37.3 Å². The first-order valence-electron chi connectivity index (χ1n) is 15.9. The maximum atomic E-state index is 13.7. The SMILES string of the molecule is C[C@H]1C/C=C/[C@H](O)[C@@H]2CC[C@H]2CN2CCCCc3cc(Cl)ccc3COc3ccc(cc32)C(=O)NS(=O)(=O)[C@H]1CC1CC1. The van der Waals surface area contributed by atoms with E-state index in [4.69, 9.17) is 16.3 Å². The van der Waals surface area contributed by atoms with E-state index in [9.17, 15) is 18.3 Å². The molecular weight excluding hydrogens is 584 g/mol. The van der Waals surface area contributed by atoms with Gasteiger partial charge in [0.2, 0.25) is 10.0 Å². The monoisotopic (exact) mass is 626 g/mol. The van der Waals surface area contributed by atoms with Crippen molar-refractivity contribution in [1.29, 1.82) is 0 Å². The fourth-order valence-electron chi connectivity index (χ4n) is 6.97. The van der Waals surface area contributed by atoms with E-state index in [2.05, 4.69) is 9.62 Å². The number of benzene rings is 2. The summed E-state index contributed by atoms with van der Waals surface area (Å²) in [5.41, 5.74) is 3.34. The molecular formula is C34H43ClN2O5S. The molecule has 4 aliphatic rings. The highest BCUT2D eigenvalue weighted by atomic mass is 35.5. The van der Waals surface area contributed by atoms with Gasteiger partial charge in [-0.3, -0.25) is 4.79 Å². The van der Waals surface area contributed by atoms with Crippen LogP contribution in [0.4, 0.5) is 5.69 Å². The summed E-state index contributed by atoms with van der Waals surface area (Å²) in [6.45, 7) is 3.78. The Morgan fingerprint density at radius 3 is 2.67 bits per heavy atom. The highest BCUT2D eigenvalue weighted by Gasteiger charge is 2.39. The first-order chi connectivity index (χ1) is 20.7. The van der Waals surface area contributed by atoms with E-state index in [-0.39, 0.29) is 11.8 Å². The van der Waals surface area contributed by atoms with Crippen molar-refractivity contribution < 1.29 is 23.1 Å². The molecule has 5 atom stereocenters. The lowest BCUT2D eigenvalue weighted by atomic mass is 9.70. The number of hydrogen-bond donors (Lipinski definition) is 2. The number of carbonyl (C=O) groups is 1. The Balaban J connectivity index is 1.37. The number of aryl methyl sites for hydroxylation is 1. The minimum Gasteiger partial charge on any atom is -0.487 e. The second kappa shape index (κ2) is 12.8. The fraction of sp³-hybridized carbons (Fsp3) is 0.559. The number of fused-ring (bicyclic) bond motifs is 3. The van der Waals surface area contributed by atoms with Gasteiger partial charge < -0.3 is 14.7 Å². The molecule has 6 rings (SSSR count). The molecule has 2 aromatic rings. The Bertz CT molecular complexity index is 1470. The minimum absolute atomic E-state index is 0.144. The maximum Gasteiger partial charge on any atom is 0.264 e. The van der Waals surface area contributed by atoms with Crippen LogP contribution in [-0.2, 0) is 23.1 Å². The summed E-state index contributed by atoms with van der Waals surface area (Å²) in [5, 5.41) is 11.2. The molecule has 2 heterocycles. The molecule has 232 valence electrons. The zero-order valence-corrected chi connectivity index (χ0v) is 26.5. The number of aliphatic hydroxyl groups is 1. The zero-order valence-electron chi connectivity index (χ0n) is 24.9. The fourth-order valence-corrected chi connectivity index (χ4v) is 8.94. The summed E-state index contributed by atoms with van der Waals surface area (Å²) in [6.07, 6.45) is 11.2. The normalized spacial score (nSPS) is 30.3. The highest BCUT2D eigenvalue weighted by Crippen LogP contribution is 2.41. The van der Waals surface area contributed by atoms with E-state index >= 15 is 0 Å². The Kier molecular flexibility index (Phi) is 9.09. The molecule has 2 N–H and O–H groups in total. The average Bonchev–Trinajstić information content (AvgIpc) is 3.78. The van der Waals surface area contributed by atoms with E-state index in [1.54, 1.807) is 18.2 Å². The van der Waals surface area contributed by atoms with Crippen LogP contribution in [0, 0.1) is 23.7 Å².